The lowest BCUT2D eigenvalue weighted by molar-refractivity contribution is -0.0757. The van der Waals surface area contributed by atoms with Crippen LogP contribution in [-0.2, 0) is 9.57 Å². The van der Waals surface area contributed by atoms with Crippen molar-refractivity contribution in [2.75, 3.05) is 43.8 Å². The molecule has 8 aromatic heterocycles. The molecule has 8 heterocycles. The number of carbonyl (C=O) groups excluding carboxylic acids is 4. The van der Waals surface area contributed by atoms with E-state index in [-0.39, 0.29) is 82.3 Å². The van der Waals surface area contributed by atoms with E-state index in [0.29, 0.717) is 68.4 Å². The molecule has 33 heteroatoms. The van der Waals surface area contributed by atoms with E-state index in [1.165, 1.54) is 114 Å². The highest BCUT2D eigenvalue weighted by Gasteiger charge is 2.16. The van der Waals surface area contributed by atoms with E-state index in [1.807, 2.05) is 46.8 Å². The molecule has 0 saturated heterocycles. The van der Waals surface area contributed by atoms with E-state index in [4.69, 9.17) is 91.2 Å². The van der Waals surface area contributed by atoms with Gasteiger partial charge in [-0.2, -0.15) is 10.2 Å². The molecule has 0 bridgehead atoms. The van der Waals surface area contributed by atoms with Gasteiger partial charge in [0.25, 0.3) is 5.91 Å². The van der Waals surface area contributed by atoms with E-state index >= 15 is 0 Å². The van der Waals surface area contributed by atoms with Gasteiger partial charge in [-0.15, -0.1) is 0 Å². The van der Waals surface area contributed by atoms with Crippen molar-refractivity contribution in [3.05, 3.63) is 267 Å². The van der Waals surface area contributed by atoms with Gasteiger partial charge in [-0.25, -0.2) is 62.3 Å². The molecule has 0 fully saturated rings. The zero-order chi connectivity index (χ0) is 78.6. The van der Waals surface area contributed by atoms with Gasteiger partial charge in [-0.05, 0) is 226 Å². The minimum absolute atomic E-state index is 0.0370. The number of aromatic nitrogens is 10. The molecule has 1 unspecified atom stereocenters. The number of hydroxylamine groups is 2. The number of Topliss-reactive ketones (excluding diaryl/α,β-unsaturated/α-hetero) is 3. The van der Waals surface area contributed by atoms with Crippen LogP contribution in [0.3, 0.4) is 0 Å². The Balaban J connectivity index is 0.000000232. The summed E-state index contributed by atoms with van der Waals surface area (Å²) in [6.45, 7) is 16.6. The number of carbonyl (C=O) groups is 5. The number of hydrogen-bond donors (Lipinski definition) is 5. The van der Waals surface area contributed by atoms with Crippen LogP contribution >= 0.6 is 81.2 Å². The predicted molar refractivity (Wildman–Crippen MR) is 407 cm³/mol. The van der Waals surface area contributed by atoms with Crippen molar-refractivity contribution in [1.29, 1.82) is 0 Å². The Hall–Kier alpha value is -9.97. The number of halogens is 10. The van der Waals surface area contributed by atoms with Gasteiger partial charge in [0.2, 0.25) is 0 Å². The van der Waals surface area contributed by atoms with Crippen molar-refractivity contribution in [1.82, 2.24) is 54.5 Å². The van der Waals surface area contributed by atoms with Crippen LogP contribution in [0.25, 0.3) is 11.6 Å². The number of ether oxygens (including phenoxy) is 1. The van der Waals surface area contributed by atoms with Crippen molar-refractivity contribution in [2.24, 2.45) is 0 Å². The lowest BCUT2D eigenvalue weighted by atomic mass is 10.1. The van der Waals surface area contributed by atoms with Crippen molar-refractivity contribution in [2.45, 2.75) is 68.4 Å². The van der Waals surface area contributed by atoms with Gasteiger partial charge in [-0.1, -0.05) is 81.2 Å². The number of aryl methyl sites for hydroxylation is 4. The highest BCUT2D eigenvalue weighted by atomic mass is 35.5. The van der Waals surface area contributed by atoms with Crippen LogP contribution in [0.15, 0.2) is 158 Å². The fraction of sp³-hybridized carbons (Fsp3) is 0.192. The lowest BCUT2D eigenvalue weighted by Crippen LogP contribution is -2.25. The second-order valence-corrected chi connectivity index (χ2v) is 24.8. The molecule has 5 N–H and O–H groups in total. The quantitative estimate of drug-likeness (QED) is 0.0341. The zero-order valence-electron chi connectivity index (χ0n) is 58.7. The molecule has 0 spiro atoms. The van der Waals surface area contributed by atoms with Crippen LogP contribution in [0.5, 0.6) is 0 Å². The van der Waals surface area contributed by atoms with E-state index in [9.17, 15) is 42.3 Å². The van der Waals surface area contributed by atoms with Crippen LogP contribution < -0.4 is 16.0 Å². The third kappa shape index (κ3) is 29.2. The number of rotatable bonds is 16. The Labute approximate surface area is 643 Å². The molecule has 1 amide bonds. The largest absolute Gasteiger partial charge is 0.478 e. The van der Waals surface area contributed by atoms with E-state index in [2.05, 4.69) is 60.8 Å². The number of amides is 1. The summed E-state index contributed by atoms with van der Waals surface area (Å²) in [5.74, 6) is 0.100. The molecule has 23 nitrogen and oxygen atoms in total. The average molecular weight is 1590 g/mol. The third-order valence-electron chi connectivity index (χ3n) is 13.6. The minimum Gasteiger partial charge on any atom is -0.478 e. The number of ketones is 3. The smallest absolute Gasteiger partial charge is 0.335 e. The van der Waals surface area contributed by atoms with Crippen molar-refractivity contribution in [3.8, 4) is 11.6 Å². The monoisotopic (exact) mass is 1590 g/mol. The summed E-state index contributed by atoms with van der Waals surface area (Å²) >= 11 is 39.1. The zero-order valence-corrected chi connectivity index (χ0v) is 64.0. The number of hydrogen-bond acceptors (Lipinski definition) is 19. The summed E-state index contributed by atoms with van der Waals surface area (Å²) in [5.41, 5.74) is 8.28. The molecule has 0 saturated carbocycles. The number of methoxy groups -OCH3 is 1. The maximum absolute atomic E-state index is 13.0. The first-order valence-corrected chi connectivity index (χ1v) is 33.8. The fourth-order valence-electron chi connectivity index (χ4n) is 8.48. The highest BCUT2D eigenvalue weighted by molar-refractivity contribution is 6.34. The molecular weight excluding hydrogens is 1520 g/mol. The molecule has 0 aliphatic rings. The van der Waals surface area contributed by atoms with Gasteiger partial charge in [0.05, 0.1) is 30.2 Å². The van der Waals surface area contributed by atoms with Gasteiger partial charge in [0, 0.05) is 71.5 Å². The number of pyridine rings is 6. The maximum atomic E-state index is 13.0. The fourth-order valence-corrected chi connectivity index (χ4v) is 10.1. The van der Waals surface area contributed by atoms with Crippen LogP contribution in [0, 0.1) is 45.1 Å². The Kier molecular flexibility index (Phi) is 34.5. The van der Waals surface area contributed by atoms with Gasteiger partial charge >= 0.3 is 5.97 Å². The molecule has 556 valence electrons. The van der Waals surface area contributed by atoms with Gasteiger partial charge < -0.3 is 30.9 Å². The summed E-state index contributed by atoms with van der Waals surface area (Å²) in [7, 11) is 4.56. The molecule has 3 aromatic carbocycles. The molecule has 0 aliphatic heterocycles. The SMILES string of the molecule is CC(=O)c1cc(Cl)nc(Cl)c1.CC(=O)c1cc(Cl)nc(Nc2ccc(F)cc2)c1.CC(=O)c1cc(Nc2ccc(F)cc2)nc(-n2nc(C)cc2C)c1.CCOC.CON(C)C(=O)c1cc(Cl)nc(Cl)c1.Cc1cc(C)n(-c2cc(C(C)O)cc(Nc3ccc(F)cc3)n2)n1.O=C(O)c1cc(Cl)nc(Cl)c1. The van der Waals surface area contributed by atoms with E-state index < -0.39 is 12.1 Å². The number of nitrogens with zero attached hydrogens (tertiary/aromatic N) is 11. The van der Waals surface area contributed by atoms with Crippen LogP contribution in [0.4, 0.5) is 47.7 Å². The predicted octanol–water partition coefficient (Wildman–Crippen LogP) is 19.0. The third-order valence-corrected chi connectivity index (χ3v) is 14.9. The minimum atomic E-state index is -1.07. The Morgan fingerprint density at radius 1 is 0.462 bits per heavy atom. The van der Waals surface area contributed by atoms with Crippen LogP contribution in [0.1, 0.15) is 121 Å². The average Bonchev–Trinajstić information content (AvgIpc) is 1.56. The van der Waals surface area contributed by atoms with Crippen LogP contribution in [0.2, 0.25) is 36.1 Å². The van der Waals surface area contributed by atoms with Crippen LogP contribution in [-0.4, -0.2) is 122 Å². The molecule has 106 heavy (non-hydrogen) atoms. The van der Waals surface area contributed by atoms with Gasteiger partial charge in [-0.3, -0.25) is 24.0 Å². The number of carboxylic acids is 1. The Morgan fingerprint density at radius 3 is 1.08 bits per heavy atom. The number of benzene rings is 3. The maximum Gasteiger partial charge on any atom is 0.335 e. The van der Waals surface area contributed by atoms with Crippen molar-refractivity contribution >= 4 is 145 Å². The number of carboxylic acid groups (broad SMARTS) is 1. The normalized spacial score (nSPS) is 10.5. The summed E-state index contributed by atoms with van der Waals surface area (Å²) in [4.78, 5) is 84.7. The number of aromatic carboxylic acids is 1. The summed E-state index contributed by atoms with van der Waals surface area (Å²) in [6, 6.07) is 40.0. The molecule has 11 rings (SSSR count). The van der Waals surface area contributed by atoms with Crippen molar-refractivity contribution < 1.29 is 56.9 Å². The molecule has 1 atom stereocenters. The summed E-state index contributed by atoms with van der Waals surface area (Å²) < 4.78 is 46.8. The summed E-state index contributed by atoms with van der Waals surface area (Å²) in [6.07, 6.45) is -0.641. The Morgan fingerprint density at radius 2 is 0.764 bits per heavy atom. The first-order chi connectivity index (χ1) is 50.0. The number of nitrogens with one attached hydrogen (secondary N) is 3. The Bertz CT molecular complexity index is 4710. The lowest BCUT2D eigenvalue weighted by Gasteiger charge is -2.13. The van der Waals surface area contributed by atoms with Gasteiger partial charge in [0.1, 0.15) is 71.0 Å². The summed E-state index contributed by atoms with van der Waals surface area (Å²) in [5, 5.41) is 38.7. The number of anilines is 6. The second kappa shape index (κ2) is 42.2. The van der Waals surface area contributed by atoms with Crippen molar-refractivity contribution in [3.63, 3.8) is 0 Å². The standard InChI is InChI=1S/C18H19FN4O.C18H17FN4O.C13H10ClFN2O.C8H8Cl2N2O2.C7H5Cl2NO.C6H3Cl2NO2.C3H8O/c2*1-11-8-12(2)23(22-11)18-10-14(13(3)24)9-17(21-18)20-16-6-4-15(19)5-7-16;1-8(18)9-6-12(14)17-13(7-9)16-11-4-2-10(15)3-5-11;1-12(14-2)8(13)5-3-6(9)11-7(10)4-5;1-4(11)5-2-6(8)10-7(9)3-5;7-4-1-3(6(10)11)2-5(8)9-4;1-3-4-2/h4-10,13,24H,1-3H3,(H,20,21);4-10H,1-3H3,(H,20,21);2-7H,1H3,(H,16,17);3-4H,1-2H3;2-3H,1H3;1-2H,(H,10,11);3H2,1-2H3. The number of aliphatic hydroxyl groups is 1. The van der Waals surface area contributed by atoms with E-state index in [0.717, 1.165) is 40.0 Å². The highest BCUT2D eigenvalue weighted by Crippen LogP contribution is 2.27. The molecule has 0 radical (unpaired) electrons. The molecule has 11 aromatic rings. The van der Waals surface area contributed by atoms with Gasteiger partial charge in [0.15, 0.2) is 29.0 Å². The number of aliphatic hydroxyl groups excluding tert-OH is 1. The molecular formula is C73H70Cl7F3N14O9. The van der Waals surface area contributed by atoms with E-state index in [1.54, 1.807) is 90.1 Å². The topological polar surface area (TPSA) is 297 Å². The molecule has 0 aliphatic carbocycles. The first-order valence-electron chi connectivity index (χ1n) is 31.1. The first kappa shape index (κ1) is 86.7. The second-order valence-electron chi connectivity index (χ2n) is 22.1.